The van der Waals surface area contributed by atoms with Gasteiger partial charge in [-0.15, -0.1) is 11.3 Å². The van der Waals surface area contributed by atoms with Crippen LogP contribution >= 0.6 is 23.6 Å². The summed E-state index contributed by atoms with van der Waals surface area (Å²) in [4.78, 5) is 6.99. The lowest BCUT2D eigenvalue weighted by Crippen LogP contribution is -2.35. The molecule has 3 rings (SSSR count). The van der Waals surface area contributed by atoms with E-state index in [2.05, 4.69) is 20.1 Å². The van der Waals surface area contributed by atoms with Crippen molar-refractivity contribution in [3.05, 3.63) is 15.2 Å². The van der Waals surface area contributed by atoms with Gasteiger partial charge in [-0.2, -0.15) is 5.10 Å². The van der Waals surface area contributed by atoms with E-state index in [1.54, 1.807) is 11.3 Å². The lowest BCUT2D eigenvalue weighted by molar-refractivity contribution is 0.0342. The first-order chi connectivity index (χ1) is 9.24. The third-order valence-electron chi connectivity index (χ3n) is 3.12. The van der Waals surface area contributed by atoms with E-state index in [0.717, 1.165) is 49.4 Å². The Morgan fingerprint density at radius 1 is 1.47 bits per heavy atom. The second-order valence-electron chi connectivity index (χ2n) is 4.43. The van der Waals surface area contributed by atoms with Crippen molar-refractivity contribution >= 4 is 23.6 Å². The molecule has 0 spiro atoms. The Morgan fingerprint density at radius 3 is 2.95 bits per heavy atom. The Bertz CT molecular complexity index is 611. The highest BCUT2D eigenvalue weighted by atomic mass is 32.1. The van der Waals surface area contributed by atoms with Crippen molar-refractivity contribution in [2.75, 3.05) is 26.3 Å². The number of nitrogens with zero attached hydrogens (tertiary/aromatic N) is 4. The Labute approximate surface area is 120 Å². The number of nitrogens with one attached hydrogen (secondary N) is 1. The predicted octanol–water partition coefficient (Wildman–Crippen LogP) is 1.43. The SMILES string of the molecule is Cn1c(-c2csc(CN3CCOCC3)n2)n[nH]c1=S. The summed E-state index contributed by atoms with van der Waals surface area (Å²) in [5.74, 6) is 0.787. The molecule has 6 nitrogen and oxygen atoms in total. The normalized spacial score (nSPS) is 16.9. The highest BCUT2D eigenvalue weighted by molar-refractivity contribution is 7.71. The Kier molecular flexibility index (Phi) is 3.74. The van der Waals surface area contributed by atoms with E-state index < -0.39 is 0 Å². The first kappa shape index (κ1) is 12.9. The molecule has 0 saturated carbocycles. The minimum Gasteiger partial charge on any atom is -0.379 e. The van der Waals surface area contributed by atoms with Crippen molar-refractivity contribution in [2.24, 2.45) is 7.05 Å². The highest BCUT2D eigenvalue weighted by Gasteiger charge is 2.14. The fraction of sp³-hybridized carbons (Fsp3) is 0.545. The van der Waals surface area contributed by atoms with Crippen LogP contribution in [0.5, 0.6) is 0 Å². The molecule has 1 N–H and O–H groups in total. The molecule has 19 heavy (non-hydrogen) atoms. The van der Waals surface area contributed by atoms with Crippen LogP contribution in [0, 0.1) is 4.77 Å². The molecule has 0 aromatic carbocycles. The van der Waals surface area contributed by atoms with Crippen LogP contribution in [0.25, 0.3) is 11.5 Å². The zero-order valence-electron chi connectivity index (χ0n) is 10.6. The van der Waals surface area contributed by atoms with E-state index in [0.29, 0.717) is 4.77 Å². The van der Waals surface area contributed by atoms with Crippen molar-refractivity contribution in [3.8, 4) is 11.5 Å². The molecule has 1 fully saturated rings. The van der Waals surface area contributed by atoms with Gasteiger partial charge in [0.2, 0.25) is 0 Å². The van der Waals surface area contributed by atoms with Gasteiger partial charge in [0.05, 0.1) is 19.8 Å². The van der Waals surface area contributed by atoms with Crippen LogP contribution in [0.2, 0.25) is 0 Å². The van der Waals surface area contributed by atoms with Crippen LogP contribution in [0.15, 0.2) is 5.38 Å². The van der Waals surface area contributed by atoms with Crippen LogP contribution in [0.1, 0.15) is 5.01 Å². The maximum Gasteiger partial charge on any atom is 0.195 e. The number of hydrogen-bond donors (Lipinski definition) is 1. The number of aromatic amines is 1. The van der Waals surface area contributed by atoms with Crippen LogP contribution < -0.4 is 0 Å². The van der Waals surface area contributed by atoms with Crippen molar-refractivity contribution in [3.63, 3.8) is 0 Å². The monoisotopic (exact) mass is 297 g/mol. The fourth-order valence-electron chi connectivity index (χ4n) is 2.01. The van der Waals surface area contributed by atoms with E-state index in [-0.39, 0.29) is 0 Å². The molecule has 0 bridgehead atoms. The largest absolute Gasteiger partial charge is 0.379 e. The Morgan fingerprint density at radius 2 is 2.26 bits per heavy atom. The van der Waals surface area contributed by atoms with Crippen LogP contribution in [0.3, 0.4) is 0 Å². The standard InChI is InChI=1S/C11H15N5OS2/c1-15-10(13-14-11(15)18)8-7-19-9(12-8)6-16-2-4-17-5-3-16/h7H,2-6H2,1H3,(H,14,18). The summed E-state index contributed by atoms with van der Waals surface area (Å²) in [6, 6.07) is 0. The molecule has 0 radical (unpaired) electrons. The zero-order valence-corrected chi connectivity index (χ0v) is 12.3. The molecule has 0 atom stereocenters. The maximum absolute atomic E-state index is 5.34. The molecule has 1 saturated heterocycles. The van der Waals surface area contributed by atoms with Gasteiger partial charge in [0.1, 0.15) is 10.7 Å². The summed E-state index contributed by atoms with van der Waals surface area (Å²) >= 11 is 6.77. The number of H-pyrrole nitrogens is 1. The molecule has 3 heterocycles. The number of hydrogen-bond acceptors (Lipinski definition) is 6. The smallest absolute Gasteiger partial charge is 0.195 e. The number of aromatic nitrogens is 4. The van der Waals surface area contributed by atoms with E-state index in [9.17, 15) is 0 Å². The van der Waals surface area contributed by atoms with Crippen LogP contribution in [-0.4, -0.2) is 51.0 Å². The van der Waals surface area contributed by atoms with Crippen molar-refractivity contribution in [2.45, 2.75) is 6.54 Å². The molecule has 102 valence electrons. The summed E-state index contributed by atoms with van der Waals surface area (Å²) < 4.78 is 7.79. The first-order valence-electron chi connectivity index (χ1n) is 6.10. The number of rotatable bonds is 3. The van der Waals surface area contributed by atoms with Gasteiger partial charge in [-0.25, -0.2) is 4.98 Å². The molecule has 1 aliphatic rings. The van der Waals surface area contributed by atoms with Crippen LogP contribution in [-0.2, 0) is 18.3 Å². The lowest BCUT2D eigenvalue weighted by atomic mass is 10.4. The molecule has 1 aliphatic heterocycles. The number of thiazole rings is 1. The van der Waals surface area contributed by atoms with Gasteiger partial charge >= 0.3 is 0 Å². The van der Waals surface area contributed by atoms with E-state index >= 15 is 0 Å². The molecular formula is C11H15N5OS2. The minimum atomic E-state index is 0.609. The summed E-state index contributed by atoms with van der Waals surface area (Å²) in [6.45, 7) is 4.45. The van der Waals surface area contributed by atoms with Crippen LogP contribution in [0.4, 0.5) is 0 Å². The van der Waals surface area contributed by atoms with Gasteiger partial charge < -0.3 is 9.30 Å². The lowest BCUT2D eigenvalue weighted by Gasteiger charge is -2.25. The molecule has 0 unspecified atom stereocenters. The highest BCUT2D eigenvalue weighted by Crippen LogP contribution is 2.21. The molecular weight excluding hydrogens is 282 g/mol. The fourth-order valence-corrected chi connectivity index (χ4v) is 2.96. The molecule has 2 aromatic rings. The molecule has 2 aromatic heterocycles. The van der Waals surface area contributed by atoms with E-state index in [4.69, 9.17) is 17.0 Å². The number of morpholine rings is 1. The third kappa shape index (κ3) is 2.76. The van der Waals surface area contributed by atoms with Gasteiger partial charge in [0, 0.05) is 25.5 Å². The van der Waals surface area contributed by atoms with Gasteiger partial charge in [-0.1, -0.05) is 0 Å². The zero-order chi connectivity index (χ0) is 13.2. The summed E-state index contributed by atoms with van der Waals surface area (Å²) in [6.07, 6.45) is 0. The first-order valence-corrected chi connectivity index (χ1v) is 7.39. The second kappa shape index (κ2) is 5.49. The quantitative estimate of drug-likeness (QED) is 0.869. The van der Waals surface area contributed by atoms with Crippen molar-refractivity contribution in [1.82, 2.24) is 24.6 Å². The second-order valence-corrected chi connectivity index (χ2v) is 5.76. The number of ether oxygens (including phenoxy) is 1. The summed E-state index contributed by atoms with van der Waals surface area (Å²) in [5, 5.41) is 10.1. The van der Waals surface area contributed by atoms with Gasteiger partial charge in [0.15, 0.2) is 10.6 Å². The van der Waals surface area contributed by atoms with Gasteiger partial charge in [-0.05, 0) is 12.2 Å². The Hall–Kier alpha value is -1.09. The van der Waals surface area contributed by atoms with E-state index in [1.807, 2.05) is 17.0 Å². The topological polar surface area (TPSA) is 59.0 Å². The third-order valence-corrected chi connectivity index (χ3v) is 4.32. The summed E-state index contributed by atoms with van der Waals surface area (Å²) in [5.41, 5.74) is 0.878. The maximum atomic E-state index is 5.34. The Balaban J connectivity index is 1.75. The average Bonchev–Trinajstić information content (AvgIpc) is 3.00. The van der Waals surface area contributed by atoms with Gasteiger partial charge in [-0.3, -0.25) is 10.00 Å². The van der Waals surface area contributed by atoms with Crippen molar-refractivity contribution < 1.29 is 4.74 Å². The minimum absolute atomic E-state index is 0.609. The summed E-state index contributed by atoms with van der Waals surface area (Å²) in [7, 11) is 1.89. The van der Waals surface area contributed by atoms with Gasteiger partial charge in [0.25, 0.3) is 0 Å². The molecule has 0 amide bonds. The van der Waals surface area contributed by atoms with E-state index in [1.165, 1.54) is 0 Å². The molecule has 0 aliphatic carbocycles. The molecule has 8 heteroatoms. The predicted molar refractivity (Wildman–Crippen MR) is 75.6 cm³/mol. The average molecular weight is 297 g/mol. The van der Waals surface area contributed by atoms with Crippen molar-refractivity contribution in [1.29, 1.82) is 0 Å².